The molecule has 0 radical (unpaired) electrons. The number of nitrogens with two attached hydrogens (primary N) is 1. The van der Waals surface area contributed by atoms with Crippen LogP contribution in [0.3, 0.4) is 0 Å². The summed E-state index contributed by atoms with van der Waals surface area (Å²) in [5.41, 5.74) is 5.27. The molecule has 0 rings (SSSR count). The monoisotopic (exact) mass is 538 g/mol. The third kappa shape index (κ3) is 17.6. The van der Waals surface area contributed by atoms with Crippen molar-refractivity contribution >= 4 is 11.8 Å². The Hall–Kier alpha value is -0.900. The number of ketones is 1. The van der Waals surface area contributed by atoms with Crippen LogP contribution in [0.5, 0.6) is 0 Å². The van der Waals surface area contributed by atoms with Crippen LogP contribution >= 0.6 is 0 Å². The maximum absolute atomic E-state index is 13.5. The maximum Gasteiger partial charge on any atom is 0.333 e. The highest BCUT2D eigenvalue weighted by molar-refractivity contribution is 6.08. The van der Waals surface area contributed by atoms with Crippen molar-refractivity contribution < 1.29 is 14.3 Å². The predicted octanol–water partition coefficient (Wildman–Crippen LogP) is 10.2. The first-order valence-corrected chi connectivity index (χ1v) is 16.9. The van der Waals surface area contributed by atoms with Crippen LogP contribution in [0.25, 0.3) is 0 Å². The van der Waals surface area contributed by atoms with Gasteiger partial charge in [-0.3, -0.25) is 4.79 Å². The third-order valence-corrected chi connectivity index (χ3v) is 8.45. The Morgan fingerprint density at radius 3 is 1.24 bits per heavy atom. The number of unbranched alkanes of at least 4 members (excludes halogenated alkanes) is 20. The van der Waals surface area contributed by atoms with Crippen molar-refractivity contribution in [3.05, 3.63) is 0 Å². The fourth-order valence-electron chi connectivity index (χ4n) is 5.78. The van der Waals surface area contributed by atoms with Crippen molar-refractivity contribution in [3.8, 4) is 0 Å². The molecule has 2 N–H and O–H groups in total. The highest BCUT2D eigenvalue weighted by Crippen LogP contribution is 2.31. The van der Waals surface area contributed by atoms with Crippen molar-refractivity contribution in [2.45, 2.75) is 193 Å². The quantitative estimate of drug-likeness (QED) is 0.0585. The Balaban J connectivity index is 4.72. The summed E-state index contributed by atoms with van der Waals surface area (Å²) in [7, 11) is 1.38. The number of methoxy groups -OCH3 is 1. The molecule has 38 heavy (non-hydrogen) atoms. The molecule has 0 aromatic heterocycles. The van der Waals surface area contributed by atoms with Gasteiger partial charge in [0.15, 0.2) is 11.3 Å². The molecule has 4 heteroatoms. The van der Waals surface area contributed by atoms with Crippen molar-refractivity contribution in [2.24, 2.45) is 11.7 Å². The highest BCUT2D eigenvalue weighted by atomic mass is 16.5. The van der Waals surface area contributed by atoms with Gasteiger partial charge in [-0.2, -0.15) is 0 Å². The second-order valence-electron chi connectivity index (χ2n) is 11.9. The first kappa shape index (κ1) is 37.1. The van der Waals surface area contributed by atoms with Crippen LogP contribution in [-0.2, 0) is 14.3 Å². The number of ether oxygens (including phenoxy) is 1. The molecule has 0 amide bonds. The molecular formula is C34H67NO3. The van der Waals surface area contributed by atoms with E-state index in [0.29, 0.717) is 6.42 Å². The number of carbonyl (C=O) groups excluding carboxylic acids is 2. The molecule has 0 aliphatic heterocycles. The van der Waals surface area contributed by atoms with E-state index in [9.17, 15) is 9.59 Å². The average molecular weight is 538 g/mol. The Morgan fingerprint density at radius 2 is 0.868 bits per heavy atom. The van der Waals surface area contributed by atoms with E-state index >= 15 is 0 Å². The number of esters is 1. The van der Waals surface area contributed by atoms with E-state index in [4.69, 9.17) is 10.5 Å². The van der Waals surface area contributed by atoms with E-state index in [0.717, 1.165) is 57.8 Å². The van der Waals surface area contributed by atoms with Gasteiger partial charge in [-0.05, 0) is 25.2 Å². The summed E-state index contributed by atoms with van der Waals surface area (Å²) in [5.74, 6) is -0.738. The van der Waals surface area contributed by atoms with Gasteiger partial charge in [0.1, 0.15) is 0 Å². The van der Waals surface area contributed by atoms with Crippen LogP contribution in [0.2, 0.25) is 0 Å². The largest absolute Gasteiger partial charge is 0.467 e. The Bertz CT molecular complexity index is 550. The zero-order valence-electron chi connectivity index (χ0n) is 26.3. The van der Waals surface area contributed by atoms with Gasteiger partial charge < -0.3 is 10.5 Å². The SMILES string of the molecule is CCCCCCCCCCCCCC(=O)C(N)(C(=O)OC)C(CCCCCC)CCCCCCCCCC. The third-order valence-electron chi connectivity index (χ3n) is 8.45. The van der Waals surface area contributed by atoms with Crippen LogP contribution in [0.4, 0.5) is 0 Å². The Labute approximate surface area is 238 Å². The second-order valence-corrected chi connectivity index (χ2v) is 11.9. The molecular weight excluding hydrogens is 470 g/mol. The van der Waals surface area contributed by atoms with Crippen molar-refractivity contribution in [3.63, 3.8) is 0 Å². The summed E-state index contributed by atoms with van der Waals surface area (Å²) in [6, 6.07) is 0. The van der Waals surface area contributed by atoms with E-state index in [1.54, 1.807) is 0 Å². The van der Waals surface area contributed by atoms with Crippen LogP contribution in [0.1, 0.15) is 188 Å². The molecule has 2 unspecified atom stereocenters. The van der Waals surface area contributed by atoms with Crippen LogP contribution in [0, 0.1) is 5.92 Å². The van der Waals surface area contributed by atoms with E-state index in [-0.39, 0.29) is 11.7 Å². The van der Waals surface area contributed by atoms with Crippen LogP contribution < -0.4 is 5.73 Å². The minimum Gasteiger partial charge on any atom is -0.467 e. The fraction of sp³-hybridized carbons (Fsp3) is 0.941. The molecule has 0 bridgehead atoms. The first-order valence-electron chi connectivity index (χ1n) is 16.9. The Morgan fingerprint density at radius 1 is 0.553 bits per heavy atom. The van der Waals surface area contributed by atoms with Gasteiger partial charge in [-0.15, -0.1) is 0 Å². The number of Topliss-reactive ketones (excluding diaryl/α,β-unsaturated/α-hetero) is 1. The molecule has 2 atom stereocenters. The molecule has 226 valence electrons. The van der Waals surface area contributed by atoms with Gasteiger partial charge in [0, 0.05) is 6.42 Å². The summed E-state index contributed by atoms with van der Waals surface area (Å²) in [6.07, 6.45) is 30.2. The zero-order chi connectivity index (χ0) is 28.3. The van der Waals surface area contributed by atoms with Crippen LogP contribution in [-0.4, -0.2) is 24.4 Å². The minimum atomic E-state index is -1.49. The van der Waals surface area contributed by atoms with Crippen molar-refractivity contribution in [1.82, 2.24) is 0 Å². The lowest BCUT2D eigenvalue weighted by Gasteiger charge is -2.34. The number of hydrogen-bond donors (Lipinski definition) is 1. The summed E-state index contributed by atoms with van der Waals surface area (Å²) < 4.78 is 5.15. The molecule has 0 saturated heterocycles. The Kier molecular flexibility index (Phi) is 25.7. The average Bonchev–Trinajstić information content (AvgIpc) is 2.93. The first-order chi connectivity index (χ1) is 18.5. The highest BCUT2D eigenvalue weighted by Gasteiger charge is 2.48. The van der Waals surface area contributed by atoms with Gasteiger partial charge in [-0.1, -0.05) is 162 Å². The molecule has 0 aliphatic rings. The lowest BCUT2D eigenvalue weighted by molar-refractivity contribution is -0.154. The van der Waals surface area contributed by atoms with Crippen molar-refractivity contribution in [2.75, 3.05) is 7.11 Å². The maximum atomic E-state index is 13.5. The number of hydrogen-bond acceptors (Lipinski definition) is 4. The van der Waals surface area contributed by atoms with Crippen LogP contribution in [0.15, 0.2) is 0 Å². The molecule has 4 nitrogen and oxygen atoms in total. The fourth-order valence-corrected chi connectivity index (χ4v) is 5.78. The van der Waals surface area contributed by atoms with Crippen molar-refractivity contribution in [1.29, 1.82) is 0 Å². The van der Waals surface area contributed by atoms with Gasteiger partial charge in [0.2, 0.25) is 0 Å². The lowest BCUT2D eigenvalue weighted by atomic mass is 9.74. The smallest absolute Gasteiger partial charge is 0.333 e. The molecule has 0 aromatic carbocycles. The molecule has 0 aliphatic carbocycles. The number of carbonyl (C=O) groups is 2. The molecule has 0 fully saturated rings. The van der Waals surface area contributed by atoms with E-state index in [2.05, 4.69) is 20.8 Å². The second kappa shape index (κ2) is 26.3. The topological polar surface area (TPSA) is 69.4 Å². The van der Waals surface area contributed by atoms with Gasteiger partial charge in [0.25, 0.3) is 0 Å². The summed E-state index contributed by atoms with van der Waals surface area (Å²) in [5, 5.41) is 0. The molecule has 0 heterocycles. The predicted molar refractivity (Wildman–Crippen MR) is 164 cm³/mol. The lowest BCUT2D eigenvalue weighted by Crippen LogP contribution is -2.60. The van der Waals surface area contributed by atoms with Gasteiger partial charge in [-0.25, -0.2) is 4.79 Å². The molecule has 0 spiro atoms. The standard InChI is InChI=1S/C34H67NO3/c1-5-8-11-14-16-18-19-20-22-24-27-30-32(36)34(35,33(37)38-4)31(28-25-13-10-7-3)29-26-23-21-17-15-12-9-6-2/h31H,5-30,35H2,1-4H3. The van der Waals surface area contributed by atoms with E-state index < -0.39 is 11.5 Å². The molecule has 0 saturated carbocycles. The normalized spacial score (nSPS) is 13.8. The van der Waals surface area contributed by atoms with E-state index in [1.165, 1.54) is 110 Å². The van der Waals surface area contributed by atoms with E-state index in [1.807, 2.05) is 0 Å². The number of rotatable bonds is 29. The van der Waals surface area contributed by atoms with Gasteiger partial charge in [0.05, 0.1) is 7.11 Å². The summed E-state index contributed by atoms with van der Waals surface area (Å²) >= 11 is 0. The van der Waals surface area contributed by atoms with Gasteiger partial charge >= 0.3 is 5.97 Å². The molecule has 0 aromatic rings. The zero-order valence-corrected chi connectivity index (χ0v) is 26.3. The summed E-state index contributed by atoms with van der Waals surface area (Å²) in [4.78, 5) is 26.4. The minimum absolute atomic E-state index is 0.0969. The summed E-state index contributed by atoms with van der Waals surface area (Å²) in [6.45, 7) is 6.71.